The number of nitrogens with zero attached hydrogens (tertiary/aromatic N) is 4. The number of nitrogens with two attached hydrogens (primary N) is 1. The lowest BCUT2D eigenvalue weighted by Crippen LogP contribution is -2.51. The van der Waals surface area contributed by atoms with Gasteiger partial charge in [-0.15, -0.1) is 0 Å². The number of Topliss-reactive ketones (excluding diaryl/α,β-unsaturated/α-hetero) is 1. The maximum Gasteiger partial charge on any atom is 0.242 e. The summed E-state index contributed by atoms with van der Waals surface area (Å²) in [7, 11) is 0. The van der Waals surface area contributed by atoms with Crippen molar-refractivity contribution in [3.8, 4) is 0 Å². The molecule has 1 heterocycles. The van der Waals surface area contributed by atoms with Crippen molar-refractivity contribution in [2.45, 2.75) is 56.3 Å². The second-order valence-corrected chi connectivity index (χ2v) is 18.1. The smallest absolute Gasteiger partial charge is 0.242 e. The van der Waals surface area contributed by atoms with Crippen molar-refractivity contribution in [2.24, 2.45) is 5.73 Å². The minimum atomic E-state index is -0.318. The molecule has 1 aliphatic heterocycles. The molecule has 0 spiro atoms. The summed E-state index contributed by atoms with van der Waals surface area (Å²) in [6.07, 6.45) is 3.91. The fourth-order valence-corrected chi connectivity index (χ4v) is 9.45. The van der Waals surface area contributed by atoms with Crippen LogP contribution in [0.1, 0.15) is 89.7 Å². The largest absolute Gasteiger partial charge is 0.333 e. The summed E-state index contributed by atoms with van der Waals surface area (Å²) in [6, 6.07) is 61.0. The van der Waals surface area contributed by atoms with Crippen LogP contribution >= 0.6 is 0 Å². The predicted molar refractivity (Wildman–Crippen MR) is 272 cm³/mol. The molecule has 352 valence electrons. The normalized spacial score (nSPS) is 15.2. The molecule has 0 aliphatic carbocycles. The minimum absolute atomic E-state index is 0.0118. The van der Waals surface area contributed by atoms with Gasteiger partial charge in [-0.05, 0) is 72.2 Å². The van der Waals surface area contributed by atoms with E-state index < -0.39 is 0 Å². The maximum absolute atomic E-state index is 15.2. The highest BCUT2D eigenvalue weighted by Crippen LogP contribution is 2.29. The molecule has 0 saturated carbocycles. The van der Waals surface area contributed by atoms with E-state index in [9.17, 15) is 9.59 Å². The van der Waals surface area contributed by atoms with Gasteiger partial charge in [0.05, 0.1) is 26.2 Å². The van der Waals surface area contributed by atoms with Crippen LogP contribution in [0.2, 0.25) is 0 Å². The number of benzene rings is 6. The average Bonchev–Trinajstić information content (AvgIpc) is 3.38. The molecule has 9 nitrogen and oxygen atoms in total. The van der Waals surface area contributed by atoms with Crippen LogP contribution < -0.4 is 5.73 Å². The van der Waals surface area contributed by atoms with Crippen molar-refractivity contribution in [1.82, 2.24) is 19.6 Å². The first-order chi connectivity index (χ1) is 33.4. The summed E-state index contributed by atoms with van der Waals surface area (Å²) in [6.45, 7) is 2.14. The highest BCUT2D eigenvalue weighted by atomic mass is 16.2. The molecular weight excluding hydrogens is 843 g/mol. The van der Waals surface area contributed by atoms with Crippen LogP contribution in [0.3, 0.4) is 0 Å². The van der Waals surface area contributed by atoms with Crippen molar-refractivity contribution in [1.29, 1.82) is 0 Å². The molecule has 6 aromatic carbocycles. The summed E-state index contributed by atoms with van der Waals surface area (Å²) < 4.78 is 0. The van der Waals surface area contributed by atoms with E-state index in [1.54, 1.807) is 14.7 Å². The fourth-order valence-electron chi connectivity index (χ4n) is 9.45. The zero-order valence-corrected chi connectivity index (χ0v) is 39.4. The van der Waals surface area contributed by atoms with Crippen LogP contribution in [0, 0.1) is 0 Å². The molecule has 1 saturated heterocycles. The highest BCUT2D eigenvalue weighted by Gasteiger charge is 2.32. The van der Waals surface area contributed by atoms with Crippen molar-refractivity contribution in [2.75, 3.05) is 65.4 Å². The first kappa shape index (κ1) is 49.2. The molecule has 6 aromatic rings. The quantitative estimate of drug-likeness (QED) is 0.0916. The standard InChI is InChI=1S/C59H67N5O4/c60-37-21-7-22-39-62-45-58(67)64(43-56(51-32-16-5-17-33-51)52-34-18-6-19-35-52)46-59(68)63(42-55(49-28-12-3-13-29-49)50-30-14-4-15-31-50)40-53(65)36-20-23-38-61(44-57(62)66)41-54(47-24-8-1-9-25-47)48-26-10-2-11-27-48/h1-6,8-19,24-35,54-56H,7,20-23,36-46,60H2. The molecule has 2 N–H and O–H groups in total. The lowest BCUT2D eigenvalue weighted by Gasteiger charge is -2.34. The number of unbranched alkanes of at least 4 members (excludes halogenated alkanes) is 2. The van der Waals surface area contributed by atoms with E-state index >= 15 is 9.59 Å². The van der Waals surface area contributed by atoms with Crippen LogP contribution in [0.15, 0.2) is 182 Å². The van der Waals surface area contributed by atoms with E-state index in [2.05, 4.69) is 77.7 Å². The number of carbonyl (C=O) groups is 4. The second kappa shape index (κ2) is 26.0. The topological polar surface area (TPSA) is 107 Å². The zero-order valence-electron chi connectivity index (χ0n) is 39.4. The third-order valence-corrected chi connectivity index (χ3v) is 13.2. The fraction of sp³-hybridized carbons (Fsp3) is 0.322. The lowest BCUT2D eigenvalue weighted by atomic mass is 9.90. The lowest BCUT2D eigenvalue weighted by molar-refractivity contribution is -0.145. The van der Waals surface area contributed by atoms with Gasteiger partial charge in [0.25, 0.3) is 0 Å². The maximum atomic E-state index is 15.2. The van der Waals surface area contributed by atoms with E-state index in [1.807, 2.05) is 109 Å². The second-order valence-electron chi connectivity index (χ2n) is 18.1. The number of rotatable bonds is 17. The summed E-state index contributed by atoms with van der Waals surface area (Å²) in [5, 5.41) is 0. The van der Waals surface area contributed by atoms with Gasteiger partial charge in [0.15, 0.2) is 5.78 Å². The molecule has 0 bridgehead atoms. The van der Waals surface area contributed by atoms with Gasteiger partial charge in [-0.25, -0.2) is 0 Å². The molecule has 7 rings (SSSR count). The Morgan fingerprint density at radius 2 is 0.735 bits per heavy atom. The average molecular weight is 910 g/mol. The molecule has 3 amide bonds. The zero-order chi connectivity index (χ0) is 47.3. The molecular formula is C59H67N5O4. The van der Waals surface area contributed by atoms with E-state index in [-0.39, 0.29) is 86.9 Å². The molecule has 0 unspecified atom stereocenters. The SMILES string of the molecule is NCCCCCN1CC(=O)N(CC(c2ccccc2)c2ccccc2)CC(=O)N(CC(c2ccccc2)c2ccccc2)CC(=O)CCCCN(CC(c2ccccc2)c2ccccc2)CC1=O. The van der Waals surface area contributed by atoms with Crippen LogP contribution in [0.4, 0.5) is 0 Å². The van der Waals surface area contributed by atoms with E-state index in [0.717, 1.165) is 46.2 Å². The number of amides is 3. The summed E-state index contributed by atoms with van der Waals surface area (Å²) in [4.78, 5) is 66.6. The minimum Gasteiger partial charge on any atom is -0.333 e. The Hall–Kier alpha value is -6.68. The van der Waals surface area contributed by atoms with Gasteiger partial charge in [0.1, 0.15) is 0 Å². The van der Waals surface area contributed by atoms with Crippen molar-refractivity contribution < 1.29 is 19.2 Å². The van der Waals surface area contributed by atoms with Gasteiger partial charge in [-0.2, -0.15) is 0 Å². The highest BCUT2D eigenvalue weighted by molar-refractivity contribution is 5.91. The van der Waals surface area contributed by atoms with Crippen molar-refractivity contribution >= 4 is 23.5 Å². The first-order valence-corrected chi connectivity index (χ1v) is 24.4. The number of hydrogen-bond acceptors (Lipinski definition) is 6. The predicted octanol–water partition coefficient (Wildman–Crippen LogP) is 9.15. The van der Waals surface area contributed by atoms with Crippen molar-refractivity contribution in [3.63, 3.8) is 0 Å². The van der Waals surface area contributed by atoms with Gasteiger partial charge in [-0.1, -0.05) is 188 Å². The molecule has 0 atom stereocenters. The van der Waals surface area contributed by atoms with E-state index in [0.29, 0.717) is 45.4 Å². The molecule has 9 heteroatoms. The Labute approximate surface area is 403 Å². The van der Waals surface area contributed by atoms with Crippen molar-refractivity contribution in [3.05, 3.63) is 215 Å². The van der Waals surface area contributed by atoms with Gasteiger partial charge >= 0.3 is 0 Å². The van der Waals surface area contributed by atoms with E-state index in [1.165, 1.54) is 0 Å². The Balaban J connectivity index is 1.26. The van der Waals surface area contributed by atoms with Gasteiger partial charge < -0.3 is 20.4 Å². The Morgan fingerprint density at radius 1 is 0.382 bits per heavy atom. The third kappa shape index (κ3) is 14.4. The molecule has 68 heavy (non-hydrogen) atoms. The number of ketones is 1. The van der Waals surface area contributed by atoms with Gasteiger partial charge in [0.2, 0.25) is 17.7 Å². The third-order valence-electron chi connectivity index (χ3n) is 13.2. The van der Waals surface area contributed by atoms with Crippen LogP contribution in [-0.2, 0) is 19.2 Å². The first-order valence-electron chi connectivity index (χ1n) is 24.4. The summed E-state index contributed by atoms with van der Waals surface area (Å²) in [5.41, 5.74) is 12.3. The Bertz CT molecular complexity index is 2320. The number of carbonyl (C=O) groups excluding carboxylic acids is 4. The summed E-state index contributed by atoms with van der Waals surface area (Å²) >= 11 is 0. The van der Waals surface area contributed by atoms with Crippen LogP contribution in [0.5, 0.6) is 0 Å². The molecule has 0 radical (unpaired) electrons. The van der Waals surface area contributed by atoms with Crippen LogP contribution in [0.25, 0.3) is 0 Å². The van der Waals surface area contributed by atoms with Gasteiger partial charge in [-0.3, -0.25) is 24.1 Å². The summed E-state index contributed by atoms with van der Waals surface area (Å²) in [5.74, 6) is -1.30. The van der Waals surface area contributed by atoms with E-state index in [4.69, 9.17) is 5.73 Å². The Morgan fingerprint density at radius 3 is 1.13 bits per heavy atom. The van der Waals surface area contributed by atoms with Crippen LogP contribution in [-0.4, -0.2) is 109 Å². The molecule has 0 aromatic heterocycles. The van der Waals surface area contributed by atoms with Gasteiger partial charge in [0, 0.05) is 50.4 Å². The molecule has 1 fully saturated rings. The monoisotopic (exact) mass is 910 g/mol. The molecule has 1 aliphatic rings. The Kier molecular flexibility index (Phi) is 18.8. The number of hydrogen-bond donors (Lipinski definition) is 1.